The van der Waals surface area contributed by atoms with Crippen molar-refractivity contribution in [2.75, 3.05) is 32.1 Å². The zero-order valence-corrected chi connectivity index (χ0v) is 19.7. The SMILES string of the molecule is C=Cc1[nH]nc(-c2cnn(C)c2)c1/C=C(\C)c1c(F)cc(NC(=O)CN2CCCC2)cc1OC. The van der Waals surface area contributed by atoms with Gasteiger partial charge in [-0.3, -0.25) is 19.5 Å². The van der Waals surface area contributed by atoms with Crippen LogP contribution in [0.1, 0.15) is 36.6 Å². The van der Waals surface area contributed by atoms with Gasteiger partial charge in [0.25, 0.3) is 0 Å². The number of allylic oxidation sites excluding steroid dienone is 1. The number of carbonyl (C=O) groups excluding carboxylic acids is 1. The number of aromatic nitrogens is 4. The molecule has 0 bridgehead atoms. The Morgan fingerprint density at radius 2 is 2.12 bits per heavy atom. The van der Waals surface area contributed by atoms with E-state index in [1.165, 1.54) is 13.2 Å². The number of nitrogens with one attached hydrogen (secondary N) is 2. The minimum absolute atomic E-state index is 0.168. The third kappa shape index (κ3) is 4.94. The first-order valence-electron chi connectivity index (χ1n) is 11.2. The molecule has 1 fully saturated rings. The summed E-state index contributed by atoms with van der Waals surface area (Å²) in [7, 11) is 3.31. The van der Waals surface area contributed by atoms with Gasteiger partial charge in [0.1, 0.15) is 17.3 Å². The van der Waals surface area contributed by atoms with Crippen LogP contribution < -0.4 is 10.1 Å². The number of hydrogen-bond donors (Lipinski definition) is 2. The van der Waals surface area contributed by atoms with Crippen molar-refractivity contribution in [3.63, 3.8) is 0 Å². The molecule has 1 aliphatic rings. The van der Waals surface area contributed by atoms with Crippen molar-refractivity contribution in [3.05, 3.63) is 53.7 Å². The van der Waals surface area contributed by atoms with Gasteiger partial charge in [-0.05, 0) is 56.6 Å². The molecular formula is C25H29FN6O2. The minimum Gasteiger partial charge on any atom is -0.496 e. The zero-order valence-electron chi connectivity index (χ0n) is 19.7. The highest BCUT2D eigenvalue weighted by Crippen LogP contribution is 2.35. The summed E-state index contributed by atoms with van der Waals surface area (Å²) in [5, 5.41) is 14.4. The molecule has 0 saturated carbocycles. The summed E-state index contributed by atoms with van der Waals surface area (Å²) in [6.45, 7) is 7.78. The molecule has 0 spiro atoms. The van der Waals surface area contributed by atoms with Crippen LogP contribution in [-0.4, -0.2) is 57.5 Å². The van der Waals surface area contributed by atoms with Crippen LogP contribution in [0.2, 0.25) is 0 Å². The third-order valence-electron chi connectivity index (χ3n) is 5.89. The number of aryl methyl sites for hydroxylation is 1. The van der Waals surface area contributed by atoms with Crippen LogP contribution in [-0.2, 0) is 11.8 Å². The fraction of sp³-hybridized carbons (Fsp3) is 0.320. The molecule has 0 radical (unpaired) electrons. The number of methoxy groups -OCH3 is 1. The lowest BCUT2D eigenvalue weighted by Gasteiger charge is -2.16. The number of aromatic amines is 1. The van der Waals surface area contributed by atoms with Gasteiger partial charge in [0.05, 0.1) is 31.1 Å². The molecule has 3 heterocycles. The monoisotopic (exact) mass is 464 g/mol. The lowest BCUT2D eigenvalue weighted by molar-refractivity contribution is -0.117. The highest BCUT2D eigenvalue weighted by atomic mass is 19.1. The molecule has 1 saturated heterocycles. The standard InChI is InChI=1S/C25H29FN6O2/c1-5-21-19(25(30-29-21)17-13-27-31(3)14-17)10-16(2)24-20(26)11-18(12-22(24)34-4)28-23(33)15-32-8-6-7-9-32/h5,10-14H,1,6-9,15H2,2-4H3,(H,28,33)(H,29,30)/b16-10+. The van der Waals surface area contributed by atoms with E-state index in [2.05, 4.69) is 32.1 Å². The van der Waals surface area contributed by atoms with Crippen molar-refractivity contribution in [1.82, 2.24) is 24.9 Å². The fourth-order valence-electron chi connectivity index (χ4n) is 4.26. The Hall–Kier alpha value is -3.72. The number of carbonyl (C=O) groups is 1. The van der Waals surface area contributed by atoms with Gasteiger partial charge in [0.15, 0.2) is 0 Å². The number of likely N-dealkylation sites (tertiary alicyclic amines) is 1. The maximum Gasteiger partial charge on any atom is 0.238 e. The van der Waals surface area contributed by atoms with Crippen LogP contribution in [0.15, 0.2) is 31.1 Å². The molecule has 4 rings (SSSR count). The Morgan fingerprint density at radius 3 is 2.76 bits per heavy atom. The second-order valence-corrected chi connectivity index (χ2v) is 8.40. The fourth-order valence-corrected chi connectivity index (χ4v) is 4.26. The maximum absolute atomic E-state index is 15.3. The van der Waals surface area contributed by atoms with Crippen molar-refractivity contribution in [2.24, 2.45) is 7.05 Å². The van der Waals surface area contributed by atoms with Crippen molar-refractivity contribution >= 4 is 29.3 Å². The van der Waals surface area contributed by atoms with Gasteiger partial charge in [-0.25, -0.2) is 4.39 Å². The molecule has 1 aliphatic heterocycles. The van der Waals surface area contributed by atoms with E-state index >= 15 is 4.39 Å². The van der Waals surface area contributed by atoms with Crippen LogP contribution in [0.5, 0.6) is 5.75 Å². The van der Waals surface area contributed by atoms with Crippen LogP contribution in [0.3, 0.4) is 0 Å². The highest BCUT2D eigenvalue weighted by Gasteiger charge is 2.19. The van der Waals surface area contributed by atoms with E-state index in [0.717, 1.165) is 37.1 Å². The smallest absolute Gasteiger partial charge is 0.238 e. The average Bonchev–Trinajstić information content (AvgIpc) is 3.54. The molecule has 178 valence electrons. The molecule has 0 aliphatic carbocycles. The number of hydrogen-bond acceptors (Lipinski definition) is 5. The Bertz CT molecular complexity index is 1240. The highest BCUT2D eigenvalue weighted by molar-refractivity contribution is 5.94. The van der Waals surface area contributed by atoms with Gasteiger partial charge in [-0.1, -0.05) is 6.58 Å². The van der Waals surface area contributed by atoms with Crippen molar-refractivity contribution in [1.29, 1.82) is 0 Å². The quantitative estimate of drug-likeness (QED) is 0.522. The summed E-state index contributed by atoms with van der Waals surface area (Å²) in [5.74, 6) is -0.327. The maximum atomic E-state index is 15.3. The first-order valence-corrected chi connectivity index (χ1v) is 11.2. The van der Waals surface area contributed by atoms with Crippen molar-refractivity contribution in [2.45, 2.75) is 19.8 Å². The zero-order chi connectivity index (χ0) is 24.2. The third-order valence-corrected chi connectivity index (χ3v) is 5.89. The minimum atomic E-state index is -0.490. The van der Waals surface area contributed by atoms with Crippen LogP contribution in [0, 0.1) is 5.82 Å². The van der Waals surface area contributed by atoms with Gasteiger partial charge in [-0.2, -0.15) is 10.2 Å². The summed E-state index contributed by atoms with van der Waals surface area (Å²) >= 11 is 0. The topological polar surface area (TPSA) is 88.1 Å². The van der Waals surface area contributed by atoms with Gasteiger partial charge >= 0.3 is 0 Å². The molecule has 34 heavy (non-hydrogen) atoms. The van der Waals surface area contributed by atoms with Gasteiger partial charge in [0, 0.05) is 36.1 Å². The predicted molar refractivity (Wildman–Crippen MR) is 132 cm³/mol. The molecule has 2 N–H and O–H groups in total. The molecule has 9 heteroatoms. The average molecular weight is 465 g/mol. The molecule has 3 aromatic rings. The van der Waals surface area contributed by atoms with E-state index in [4.69, 9.17) is 4.74 Å². The van der Waals surface area contributed by atoms with Gasteiger partial charge in [-0.15, -0.1) is 0 Å². The number of ether oxygens (including phenoxy) is 1. The van der Waals surface area contributed by atoms with Crippen molar-refractivity contribution in [3.8, 4) is 17.0 Å². The number of nitrogens with zero attached hydrogens (tertiary/aromatic N) is 4. The Kier molecular flexibility index (Phi) is 6.93. The van der Waals surface area contributed by atoms with Gasteiger partial charge < -0.3 is 10.1 Å². The van der Waals surface area contributed by atoms with E-state index in [1.807, 2.05) is 19.3 Å². The van der Waals surface area contributed by atoms with Crippen LogP contribution >= 0.6 is 0 Å². The normalized spacial score (nSPS) is 14.4. The molecule has 0 atom stereocenters. The number of anilines is 1. The van der Waals surface area contributed by atoms with E-state index in [9.17, 15) is 4.79 Å². The number of rotatable bonds is 8. The largest absolute Gasteiger partial charge is 0.496 e. The Labute approximate surface area is 198 Å². The van der Waals surface area contributed by atoms with Crippen LogP contribution in [0.25, 0.3) is 29.0 Å². The summed E-state index contributed by atoms with van der Waals surface area (Å²) < 4.78 is 22.5. The van der Waals surface area contributed by atoms with E-state index in [0.29, 0.717) is 40.5 Å². The Morgan fingerprint density at radius 1 is 1.35 bits per heavy atom. The molecule has 1 amide bonds. The molecule has 1 aromatic carbocycles. The van der Waals surface area contributed by atoms with E-state index in [-0.39, 0.29) is 5.91 Å². The summed E-state index contributed by atoms with van der Waals surface area (Å²) in [6, 6.07) is 2.96. The molecule has 0 unspecified atom stereocenters. The first kappa shape index (κ1) is 23.4. The summed E-state index contributed by atoms with van der Waals surface area (Å²) in [5.41, 5.74) is 4.31. The number of H-pyrrole nitrogens is 1. The second kappa shape index (κ2) is 10.0. The predicted octanol–water partition coefficient (Wildman–Crippen LogP) is 4.20. The number of benzene rings is 1. The van der Waals surface area contributed by atoms with E-state index in [1.54, 1.807) is 29.9 Å². The molecular weight excluding hydrogens is 435 g/mol. The van der Waals surface area contributed by atoms with Crippen molar-refractivity contribution < 1.29 is 13.9 Å². The van der Waals surface area contributed by atoms with Crippen LogP contribution in [0.4, 0.5) is 10.1 Å². The number of amides is 1. The summed E-state index contributed by atoms with van der Waals surface area (Å²) in [6.07, 6.45) is 9.28. The van der Waals surface area contributed by atoms with E-state index < -0.39 is 5.82 Å². The van der Waals surface area contributed by atoms with Gasteiger partial charge in [0.2, 0.25) is 5.91 Å². The Balaban J connectivity index is 1.64. The number of halogens is 1. The second-order valence-electron chi connectivity index (χ2n) is 8.40. The summed E-state index contributed by atoms with van der Waals surface area (Å²) in [4.78, 5) is 14.5. The lowest BCUT2D eigenvalue weighted by Crippen LogP contribution is -2.30. The molecule has 2 aromatic heterocycles. The lowest BCUT2D eigenvalue weighted by atomic mass is 9.99. The first-order chi connectivity index (χ1) is 16.4. The molecule has 8 nitrogen and oxygen atoms in total.